The minimum Gasteiger partial charge on any atom is -0.337 e. The summed E-state index contributed by atoms with van der Waals surface area (Å²) < 4.78 is 62.3. The van der Waals surface area contributed by atoms with Gasteiger partial charge in [0.2, 0.25) is 5.91 Å². The van der Waals surface area contributed by atoms with Gasteiger partial charge in [-0.3, -0.25) is 4.79 Å². The fraction of sp³-hybridized carbons (Fsp3) is 0.316. The van der Waals surface area contributed by atoms with Crippen molar-refractivity contribution in [3.63, 3.8) is 0 Å². The molecule has 0 fully saturated rings. The number of hydrogen-bond acceptors (Lipinski definition) is 3. The van der Waals surface area contributed by atoms with Crippen molar-refractivity contribution >= 4 is 15.7 Å². The molecule has 2 aromatic rings. The summed E-state index contributed by atoms with van der Waals surface area (Å²) in [5, 5.41) is 0. The van der Waals surface area contributed by atoms with Gasteiger partial charge in [0.05, 0.1) is 11.3 Å². The van der Waals surface area contributed by atoms with Crippen molar-refractivity contribution in [2.45, 2.75) is 24.9 Å². The third-order valence-corrected chi connectivity index (χ3v) is 5.95. The largest absolute Gasteiger partial charge is 0.416 e. The topological polar surface area (TPSA) is 54.5 Å². The van der Waals surface area contributed by atoms with Crippen LogP contribution >= 0.6 is 0 Å². The lowest BCUT2D eigenvalue weighted by atomic mass is 10.00. The Hall–Kier alpha value is -2.35. The first-order valence-electron chi connectivity index (χ1n) is 8.35. The second-order valence-electron chi connectivity index (χ2n) is 6.56. The maximum atomic E-state index is 12.6. The van der Waals surface area contributed by atoms with E-state index < -0.39 is 39.0 Å². The number of benzene rings is 2. The van der Waals surface area contributed by atoms with Gasteiger partial charge in [0.15, 0.2) is 9.84 Å². The Balaban J connectivity index is 1.63. The standard InChI is InChI=1S/C19H18F3NO3S/c20-19(21,22)17-7-5-14(6-8-17)12-27(25,26)13-18(24)23-10-9-15-3-1-2-4-16(15)11-23/h1-8H,9-13H2. The van der Waals surface area contributed by atoms with Crippen LogP contribution in [0.2, 0.25) is 0 Å². The summed E-state index contributed by atoms with van der Waals surface area (Å²) in [7, 11) is -3.78. The Morgan fingerprint density at radius 3 is 2.26 bits per heavy atom. The molecule has 0 aromatic heterocycles. The van der Waals surface area contributed by atoms with Crippen LogP contribution < -0.4 is 0 Å². The molecule has 1 amide bonds. The Morgan fingerprint density at radius 2 is 1.63 bits per heavy atom. The van der Waals surface area contributed by atoms with E-state index in [2.05, 4.69) is 0 Å². The van der Waals surface area contributed by atoms with Crippen molar-refractivity contribution in [2.24, 2.45) is 0 Å². The van der Waals surface area contributed by atoms with Crippen LogP contribution in [0.5, 0.6) is 0 Å². The summed E-state index contributed by atoms with van der Waals surface area (Å²) >= 11 is 0. The third kappa shape index (κ3) is 4.88. The molecule has 8 heteroatoms. The molecule has 1 aliphatic heterocycles. The number of nitrogens with zero attached hydrogens (tertiary/aromatic N) is 1. The van der Waals surface area contributed by atoms with E-state index in [-0.39, 0.29) is 5.56 Å². The van der Waals surface area contributed by atoms with Crippen molar-refractivity contribution in [2.75, 3.05) is 12.3 Å². The molecule has 2 aromatic carbocycles. The molecule has 1 aliphatic rings. The second-order valence-corrected chi connectivity index (χ2v) is 8.63. The Kier molecular flexibility index (Phi) is 5.28. The molecular formula is C19H18F3NO3S. The Bertz CT molecular complexity index is 937. The van der Waals surface area contributed by atoms with Gasteiger partial charge < -0.3 is 4.90 Å². The zero-order chi connectivity index (χ0) is 19.7. The molecule has 0 N–H and O–H groups in total. The number of carbonyl (C=O) groups excluding carboxylic acids is 1. The smallest absolute Gasteiger partial charge is 0.337 e. The average molecular weight is 397 g/mol. The van der Waals surface area contributed by atoms with Crippen molar-refractivity contribution in [1.82, 2.24) is 4.90 Å². The summed E-state index contributed by atoms with van der Waals surface area (Å²) in [6.07, 6.45) is -3.81. The van der Waals surface area contributed by atoms with E-state index in [1.54, 1.807) is 0 Å². The van der Waals surface area contributed by atoms with Gasteiger partial charge >= 0.3 is 6.18 Å². The first kappa shape index (κ1) is 19.4. The van der Waals surface area contributed by atoms with E-state index in [0.29, 0.717) is 19.5 Å². The highest BCUT2D eigenvalue weighted by atomic mass is 32.2. The van der Waals surface area contributed by atoms with E-state index in [1.165, 1.54) is 4.90 Å². The van der Waals surface area contributed by atoms with E-state index in [0.717, 1.165) is 35.4 Å². The van der Waals surface area contributed by atoms with Gasteiger partial charge in [-0.2, -0.15) is 13.2 Å². The quantitative estimate of drug-likeness (QED) is 0.796. The van der Waals surface area contributed by atoms with E-state index in [9.17, 15) is 26.4 Å². The summed E-state index contributed by atoms with van der Waals surface area (Å²) in [5.41, 5.74) is 1.53. The molecule has 144 valence electrons. The molecule has 3 rings (SSSR count). The molecule has 0 atom stereocenters. The number of rotatable bonds is 4. The highest BCUT2D eigenvalue weighted by Gasteiger charge is 2.30. The maximum Gasteiger partial charge on any atom is 0.416 e. The van der Waals surface area contributed by atoms with Gasteiger partial charge in [-0.1, -0.05) is 36.4 Å². The summed E-state index contributed by atoms with van der Waals surface area (Å²) in [6, 6.07) is 11.6. The van der Waals surface area contributed by atoms with Gasteiger partial charge in [0.25, 0.3) is 0 Å². The molecule has 0 aliphatic carbocycles. The molecule has 0 unspecified atom stereocenters. The molecule has 0 saturated carbocycles. The van der Waals surface area contributed by atoms with Gasteiger partial charge in [-0.05, 0) is 35.2 Å². The first-order chi connectivity index (χ1) is 12.6. The molecular weight excluding hydrogens is 379 g/mol. The number of fused-ring (bicyclic) bond motifs is 1. The van der Waals surface area contributed by atoms with E-state index in [4.69, 9.17) is 0 Å². The number of amides is 1. The number of alkyl halides is 3. The number of halogens is 3. The van der Waals surface area contributed by atoms with Crippen molar-refractivity contribution in [3.05, 3.63) is 70.8 Å². The van der Waals surface area contributed by atoms with Crippen LogP contribution in [0.1, 0.15) is 22.3 Å². The maximum absolute atomic E-state index is 12.6. The highest BCUT2D eigenvalue weighted by Crippen LogP contribution is 2.29. The van der Waals surface area contributed by atoms with Crippen LogP contribution in [-0.4, -0.2) is 31.5 Å². The van der Waals surface area contributed by atoms with E-state index in [1.807, 2.05) is 24.3 Å². The number of sulfone groups is 1. The summed E-state index contributed by atoms with van der Waals surface area (Å²) in [5.74, 6) is -1.62. The van der Waals surface area contributed by atoms with Crippen molar-refractivity contribution < 1.29 is 26.4 Å². The van der Waals surface area contributed by atoms with Gasteiger partial charge in [0, 0.05) is 13.1 Å². The lowest BCUT2D eigenvalue weighted by molar-refractivity contribution is -0.137. The molecule has 27 heavy (non-hydrogen) atoms. The fourth-order valence-electron chi connectivity index (χ4n) is 3.08. The Morgan fingerprint density at radius 1 is 1.00 bits per heavy atom. The molecule has 0 saturated heterocycles. The lowest BCUT2D eigenvalue weighted by Crippen LogP contribution is -2.39. The second kappa shape index (κ2) is 7.34. The monoisotopic (exact) mass is 397 g/mol. The van der Waals surface area contributed by atoms with Crippen LogP contribution in [0.3, 0.4) is 0 Å². The zero-order valence-corrected chi connectivity index (χ0v) is 15.2. The first-order valence-corrected chi connectivity index (χ1v) is 10.2. The van der Waals surface area contributed by atoms with Crippen LogP contribution in [0, 0.1) is 0 Å². The van der Waals surface area contributed by atoms with Crippen LogP contribution in [0.15, 0.2) is 48.5 Å². The molecule has 1 heterocycles. The minimum atomic E-state index is -4.47. The van der Waals surface area contributed by atoms with Crippen LogP contribution in [0.4, 0.5) is 13.2 Å². The van der Waals surface area contributed by atoms with Crippen molar-refractivity contribution in [3.8, 4) is 0 Å². The molecule has 0 spiro atoms. The van der Waals surface area contributed by atoms with Crippen LogP contribution in [-0.2, 0) is 39.5 Å². The zero-order valence-electron chi connectivity index (χ0n) is 14.4. The minimum absolute atomic E-state index is 0.222. The predicted molar refractivity (Wildman–Crippen MR) is 94.5 cm³/mol. The van der Waals surface area contributed by atoms with Crippen LogP contribution in [0.25, 0.3) is 0 Å². The molecule has 4 nitrogen and oxygen atoms in total. The predicted octanol–water partition coefficient (Wildman–Crippen LogP) is 3.21. The van der Waals surface area contributed by atoms with Gasteiger partial charge in [0.1, 0.15) is 5.75 Å². The van der Waals surface area contributed by atoms with E-state index >= 15 is 0 Å². The fourth-order valence-corrected chi connectivity index (χ4v) is 4.44. The van der Waals surface area contributed by atoms with Gasteiger partial charge in [-0.25, -0.2) is 8.42 Å². The van der Waals surface area contributed by atoms with Gasteiger partial charge in [-0.15, -0.1) is 0 Å². The lowest BCUT2D eigenvalue weighted by Gasteiger charge is -2.28. The molecule has 0 radical (unpaired) electrons. The number of hydrogen-bond donors (Lipinski definition) is 0. The third-order valence-electron chi connectivity index (χ3n) is 4.49. The average Bonchev–Trinajstić information content (AvgIpc) is 2.60. The summed E-state index contributed by atoms with van der Waals surface area (Å²) in [4.78, 5) is 13.9. The SMILES string of the molecule is O=C(CS(=O)(=O)Cc1ccc(C(F)(F)F)cc1)N1CCc2ccccc2C1. The normalized spacial score (nSPS) is 14.7. The number of carbonyl (C=O) groups is 1. The molecule has 0 bridgehead atoms. The summed E-state index contributed by atoms with van der Waals surface area (Å²) in [6.45, 7) is 0.816. The highest BCUT2D eigenvalue weighted by molar-refractivity contribution is 7.91. The Labute approximate surface area is 155 Å². The van der Waals surface area contributed by atoms with Crippen molar-refractivity contribution in [1.29, 1.82) is 0 Å².